The molecule has 15 heavy (non-hydrogen) atoms. The second-order valence-electron chi connectivity index (χ2n) is 3.32. The molecule has 4 heteroatoms. The largest absolute Gasteiger partial charge is 0.345 e. The Balaban J connectivity index is 2.31. The molecule has 0 aliphatic carbocycles. The van der Waals surface area contributed by atoms with Crippen molar-refractivity contribution in [2.45, 2.75) is 12.8 Å². The van der Waals surface area contributed by atoms with E-state index < -0.39 is 0 Å². The van der Waals surface area contributed by atoms with Crippen LogP contribution >= 0.6 is 11.6 Å². The van der Waals surface area contributed by atoms with Crippen LogP contribution in [0.1, 0.15) is 23.2 Å². The fourth-order valence-corrected chi connectivity index (χ4v) is 1.68. The topological polar surface area (TPSA) is 45.8 Å². The van der Waals surface area contributed by atoms with Gasteiger partial charge in [0.05, 0.1) is 0 Å². The van der Waals surface area contributed by atoms with Crippen LogP contribution in [-0.2, 0) is 0 Å². The monoisotopic (exact) mass is 222 g/mol. The van der Waals surface area contributed by atoms with Gasteiger partial charge in [-0.05, 0) is 18.6 Å². The van der Waals surface area contributed by atoms with Gasteiger partial charge in [0.1, 0.15) is 5.65 Å². The summed E-state index contributed by atoms with van der Waals surface area (Å²) in [4.78, 5) is 18.9. The first-order valence-corrected chi connectivity index (χ1v) is 5.37. The molecule has 0 saturated carbocycles. The molecule has 0 atom stereocenters. The molecule has 0 radical (unpaired) electrons. The van der Waals surface area contributed by atoms with Crippen LogP contribution in [0, 0.1) is 0 Å². The minimum atomic E-state index is 0.120. The van der Waals surface area contributed by atoms with Crippen LogP contribution in [-0.4, -0.2) is 21.6 Å². The van der Waals surface area contributed by atoms with E-state index in [0.29, 0.717) is 24.3 Å². The van der Waals surface area contributed by atoms with E-state index in [2.05, 4.69) is 9.97 Å². The predicted octanol–water partition coefficient (Wildman–Crippen LogP) is 2.76. The quantitative estimate of drug-likeness (QED) is 0.639. The van der Waals surface area contributed by atoms with E-state index in [0.717, 1.165) is 11.0 Å². The normalized spacial score (nSPS) is 10.7. The molecule has 2 aromatic rings. The molecule has 0 fully saturated rings. The van der Waals surface area contributed by atoms with Gasteiger partial charge in [0.15, 0.2) is 5.78 Å². The summed E-state index contributed by atoms with van der Waals surface area (Å²) in [6, 6.07) is 3.72. The third-order valence-corrected chi connectivity index (χ3v) is 2.56. The maximum atomic E-state index is 11.8. The third kappa shape index (κ3) is 2.02. The zero-order valence-corrected chi connectivity index (χ0v) is 8.92. The van der Waals surface area contributed by atoms with Crippen molar-refractivity contribution in [3.63, 3.8) is 0 Å². The lowest BCUT2D eigenvalue weighted by Gasteiger charge is -1.96. The highest BCUT2D eigenvalue weighted by atomic mass is 35.5. The summed E-state index contributed by atoms with van der Waals surface area (Å²) in [6.45, 7) is 0. The van der Waals surface area contributed by atoms with Gasteiger partial charge in [-0.2, -0.15) is 0 Å². The number of nitrogens with zero attached hydrogens (tertiary/aromatic N) is 1. The van der Waals surface area contributed by atoms with Crippen LogP contribution in [0.25, 0.3) is 11.0 Å². The molecule has 0 amide bonds. The Labute approximate surface area is 92.5 Å². The van der Waals surface area contributed by atoms with Gasteiger partial charge in [0.25, 0.3) is 0 Å². The Morgan fingerprint density at radius 3 is 3.20 bits per heavy atom. The Kier molecular flexibility index (Phi) is 3.02. The predicted molar refractivity (Wildman–Crippen MR) is 60.4 cm³/mol. The lowest BCUT2D eigenvalue weighted by atomic mass is 10.1. The van der Waals surface area contributed by atoms with Crippen molar-refractivity contribution in [1.82, 2.24) is 9.97 Å². The number of alkyl halides is 1. The van der Waals surface area contributed by atoms with Crippen LogP contribution in [0.4, 0.5) is 0 Å². The zero-order valence-electron chi connectivity index (χ0n) is 8.16. The first-order chi connectivity index (χ1) is 7.33. The number of ketones is 1. The summed E-state index contributed by atoms with van der Waals surface area (Å²) in [6.07, 6.45) is 4.62. The van der Waals surface area contributed by atoms with E-state index >= 15 is 0 Å². The molecule has 0 aliphatic rings. The zero-order chi connectivity index (χ0) is 10.7. The number of hydrogen-bond donors (Lipinski definition) is 1. The van der Waals surface area contributed by atoms with Crippen LogP contribution in [0.2, 0.25) is 0 Å². The number of hydrogen-bond acceptors (Lipinski definition) is 2. The highest BCUT2D eigenvalue weighted by Crippen LogP contribution is 2.17. The molecule has 2 aromatic heterocycles. The van der Waals surface area contributed by atoms with Gasteiger partial charge in [-0.25, -0.2) is 4.98 Å². The van der Waals surface area contributed by atoms with Crippen LogP contribution in [0.15, 0.2) is 24.5 Å². The SMILES string of the molecule is O=C(CCCCl)c1c[nH]c2ncccc12. The molecule has 0 unspecified atom stereocenters. The van der Waals surface area contributed by atoms with E-state index in [9.17, 15) is 4.79 Å². The molecule has 0 spiro atoms. The van der Waals surface area contributed by atoms with Crippen molar-refractivity contribution in [1.29, 1.82) is 0 Å². The van der Waals surface area contributed by atoms with Crippen molar-refractivity contribution in [2.75, 3.05) is 5.88 Å². The molecule has 1 N–H and O–H groups in total. The van der Waals surface area contributed by atoms with E-state index in [-0.39, 0.29) is 5.78 Å². The minimum Gasteiger partial charge on any atom is -0.345 e. The number of fused-ring (bicyclic) bond motifs is 1. The third-order valence-electron chi connectivity index (χ3n) is 2.29. The Bertz CT molecular complexity index is 478. The lowest BCUT2D eigenvalue weighted by molar-refractivity contribution is 0.0983. The Morgan fingerprint density at radius 1 is 1.53 bits per heavy atom. The maximum absolute atomic E-state index is 11.8. The summed E-state index contributed by atoms with van der Waals surface area (Å²) >= 11 is 5.55. The standard InChI is InChI=1S/C11H11ClN2O/c12-5-1-4-10(15)9-7-14-11-8(9)3-2-6-13-11/h2-3,6-7H,1,4-5H2,(H,13,14). The smallest absolute Gasteiger partial charge is 0.165 e. The van der Waals surface area contributed by atoms with Crippen LogP contribution < -0.4 is 0 Å². The Morgan fingerprint density at radius 2 is 2.40 bits per heavy atom. The van der Waals surface area contributed by atoms with Gasteiger partial charge in [-0.15, -0.1) is 11.6 Å². The van der Waals surface area contributed by atoms with E-state index in [1.807, 2.05) is 12.1 Å². The lowest BCUT2D eigenvalue weighted by Crippen LogP contribution is -1.97. The summed E-state index contributed by atoms with van der Waals surface area (Å²) < 4.78 is 0. The first kappa shape index (κ1) is 10.2. The first-order valence-electron chi connectivity index (χ1n) is 4.84. The van der Waals surface area contributed by atoms with Crippen molar-refractivity contribution in [3.05, 3.63) is 30.1 Å². The number of halogens is 1. The molecule has 78 valence electrons. The second kappa shape index (κ2) is 4.45. The number of rotatable bonds is 4. The molecule has 0 bridgehead atoms. The number of aromatic amines is 1. The average Bonchev–Trinajstić information content (AvgIpc) is 2.69. The number of aromatic nitrogens is 2. The minimum absolute atomic E-state index is 0.120. The summed E-state index contributed by atoms with van der Waals surface area (Å²) in [5, 5.41) is 0.886. The molecule has 2 rings (SSSR count). The van der Waals surface area contributed by atoms with Crippen LogP contribution in [0.3, 0.4) is 0 Å². The number of Topliss-reactive ketones (excluding diaryl/α,β-unsaturated/α-hetero) is 1. The van der Waals surface area contributed by atoms with Crippen molar-refractivity contribution in [3.8, 4) is 0 Å². The van der Waals surface area contributed by atoms with Gasteiger partial charge in [-0.3, -0.25) is 4.79 Å². The fourth-order valence-electron chi connectivity index (χ4n) is 1.55. The van der Waals surface area contributed by atoms with Gasteiger partial charge in [-0.1, -0.05) is 0 Å². The maximum Gasteiger partial charge on any atom is 0.165 e. The van der Waals surface area contributed by atoms with Gasteiger partial charge < -0.3 is 4.98 Å². The molecule has 0 aliphatic heterocycles. The van der Waals surface area contributed by atoms with Crippen molar-refractivity contribution < 1.29 is 4.79 Å². The molecule has 3 nitrogen and oxygen atoms in total. The Hall–Kier alpha value is -1.35. The highest BCUT2D eigenvalue weighted by Gasteiger charge is 2.11. The molecular weight excluding hydrogens is 212 g/mol. The number of carbonyl (C=O) groups is 1. The molecule has 2 heterocycles. The number of H-pyrrole nitrogens is 1. The number of pyridine rings is 1. The number of carbonyl (C=O) groups excluding carboxylic acids is 1. The number of nitrogens with one attached hydrogen (secondary N) is 1. The summed E-state index contributed by atoms with van der Waals surface area (Å²) in [7, 11) is 0. The summed E-state index contributed by atoms with van der Waals surface area (Å²) in [5.41, 5.74) is 1.47. The fraction of sp³-hybridized carbons (Fsp3) is 0.273. The molecule has 0 saturated heterocycles. The van der Waals surface area contributed by atoms with Crippen molar-refractivity contribution in [2.24, 2.45) is 0 Å². The highest BCUT2D eigenvalue weighted by molar-refractivity contribution is 6.18. The van der Waals surface area contributed by atoms with Crippen molar-refractivity contribution >= 4 is 28.4 Å². The molecular formula is C11H11ClN2O. The summed E-state index contributed by atoms with van der Waals surface area (Å²) in [5.74, 6) is 0.640. The van der Waals surface area contributed by atoms with E-state index in [4.69, 9.17) is 11.6 Å². The van der Waals surface area contributed by atoms with Gasteiger partial charge >= 0.3 is 0 Å². The second-order valence-corrected chi connectivity index (χ2v) is 3.70. The molecule has 0 aromatic carbocycles. The van der Waals surface area contributed by atoms with E-state index in [1.54, 1.807) is 12.4 Å². The van der Waals surface area contributed by atoms with Gasteiger partial charge in [0, 0.05) is 35.6 Å². The van der Waals surface area contributed by atoms with Gasteiger partial charge in [0.2, 0.25) is 0 Å². The van der Waals surface area contributed by atoms with E-state index in [1.165, 1.54) is 0 Å². The van der Waals surface area contributed by atoms with Crippen LogP contribution in [0.5, 0.6) is 0 Å². The average molecular weight is 223 g/mol.